The number of rotatable bonds is 8. The molecule has 5 heteroatoms. The first-order valence-corrected chi connectivity index (χ1v) is 13.8. The van der Waals surface area contributed by atoms with Crippen LogP contribution in [0.3, 0.4) is 0 Å². The lowest BCUT2D eigenvalue weighted by atomic mass is 9.77. The number of anilines is 3. The number of unbranched alkanes of at least 4 members (excludes halogenated alkanes) is 3. The van der Waals surface area contributed by atoms with E-state index in [1.807, 2.05) is 60.7 Å². The van der Waals surface area contributed by atoms with Crippen LogP contribution in [0.5, 0.6) is 11.5 Å². The average molecular weight is 519 g/mol. The van der Waals surface area contributed by atoms with Gasteiger partial charge in [-0.1, -0.05) is 68.7 Å². The zero-order valence-corrected chi connectivity index (χ0v) is 22.8. The molecular weight excluding hydrogens is 484 g/mol. The molecule has 4 aromatic rings. The summed E-state index contributed by atoms with van der Waals surface area (Å²) in [6.07, 6.45) is 4.97. The van der Waals surface area contributed by atoms with Gasteiger partial charge in [0.25, 0.3) is 0 Å². The number of hydrogen-bond acceptors (Lipinski definition) is 5. The van der Waals surface area contributed by atoms with Gasteiger partial charge in [-0.3, -0.25) is 0 Å². The van der Waals surface area contributed by atoms with Crippen LogP contribution in [0.1, 0.15) is 65.2 Å². The van der Waals surface area contributed by atoms with Crippen molar-refractivity contribution in [1.82, 2.24) is 0 Å². The highest BCUT2D eigenvalue weighted by Gasteiger charge is 2.53. The van der Waals surface area contributed by atoms with Crippen molar-refractivity contribution in [3.63, 3.8) is 0 Å². The summed E-state index contributed by atoms with van der Waals surface area (Å²) in [5.41, 5.74) is 6.30. The summed E-state index contributed by atoms with van der Waals surface area (Å²) in [6.45, 7) is 5.39. The maximum absolute atomic E-state index is 13.1. The number of carbonyl (C=O) groups is 1. The number of carbonyl (C=O) groups excluding carboxylic acids is 1. The topological polar surface area (TPSA) is 50.8 Å². The molecule has 2 aliphatic heterocycles. The number of fused-ring (bicyclic) bond motifs is 6. The summed E-state index contributed by atoms with van der Waals surface area (Å²) < 4.78 is 12.6. The van der Waals surface area contributed by atoms with E-state index in [0.29, 0.717) is 17.1 Å². The highest BCUT2D eigenvalue weighted by atomic mass is 16.6. The molecule has 4 aromatic carbocycles. The summed E-state index contributed by atoms with van der Waals surface area (Å²) in [7, 11) is 2.16. The lowest BCUT2D eigenvalue weighted by Crippen LogP contribution is -2.33. The van der Waals surface area contributed by atoms with E-state index >= 15 is 0 Å². The fraction of sp³-hybridized carbons (Fsp3) is 0.265. The van der Waals surface area contributed by atoms with Gasteiger partial charge in [0, 0.05) is 47.3 Å². The van der Waals surface area contributed by atoms with Gasteiger partial charge < -0.3 is 19.7 Å². The summed E-state index contributed by atoms with van der Waals surface area (Å²) in [5, 5.41) is 3.64. The first-order chi connectivity index (χ1) is 19.0. The lowest BCUT2D eigenvalue weighted by Gasteiger charge is -2.36. The van der Waals surface area contributed by atoms with Crippen molar-refractivity contribution in [3.05, 3.63) is 113 Å². The second-order valence-electron chi connectivity index (χ2n) is 10.5. The van der Waals surface area contributed by atoms with Gasteiger partial charge in [-0.2, -0.15) is 0 Å². The Kier molecular flexibility index (Phi) is 6.51. The molecule has 1 N–H and O–H groups in total. The van der Waals surface area contributed by atoms with Gasteiger partial charge in [-0.05, 0) is 61.4 Å². The standard InChI is InChI=1S/C34H34N2O3/c1-4-5-6-11-20-36(3)25-18-16-23(2)30(22-25)35-24-17-19-32-29(21-24)34(28-14-9-10-15-31(28)38-32)27-13-8-7-12-26(27)33(37)39-34/h7-10,12-19,21-22,35H,4-6,11,20H2,1-3H3. The predicted molar refractivity (Wildman–Crippen MR) is 157 cm³/mol. The fourth-order valence-electron chi connectivity index (χ4n) is 5.74. The second kappa shape index (κ2) is 10.1. The van der Waals surface area contributed by atoms with E-state index in [4.69, 9.17) is 9.47 Å². The number of para-hydroxylation sites is 1. The Balaban J connectivity index is 1.37. The van der Waals surface area contributed by atoms with E-state index in [2.05, 4.69) is 55.4 Å². The molecule has 6 rings (SSSR count). The lowest BCUT2D eigenvalue weighted by molar-refractivity contribution is 0.0224. The molecule has 0 amide bonds. The molecule has 5 nitrogen and oxygen atoms in total. The Labute approximate surface area is 230 Å². The third kappa shape index (κ3) is 4.32. The zero-order chi connectivity index (χ0) is 27.0. The van der Waals surface area contributed by atoms with Crippen LogP contribution in [0.25, 0.3) is 0 Å². The van der Waals surface area contributed by atoms with Crippen LogP contribution in [0.15, 0.2) is 84.9 Å². The third-order valence-electron chi connectivity index (χ3n) is 7.91. The van der Waals surface area contributed by atoms with Crippen molar-refractivity contribution in [1.29, 1.82) is 0 Å². The van der Waals surface area contributed by atoms with Crippen molar-refractivity contribution in [2.75, 3.05) is 23.8 Å². The van der Waals surface area contributed by atoms with E-state index in [9.17, 15) is 4.79 Å². The molecule has 1 unspecified atom stereocenters. The van der Waals surface area contributed by atoms with Gasteiger partial charge in [0.1, 0.15) is 11.5 Å². The first-order valence-electron chi connectivity index (χ1n) is 13.8. The molecule has 1 atom stereocenters. The van der Waals surface area contributed by atoms with Gasteiger partial charge >= 0.3 is 5.97 Å². The largest absolute Gasteiger partial charge is 0.456 e. The highest BCUT2D eigenvalue weighted by molar-refractivity contribution is 5.97. The van der Waals surface area contributed by atoms with Crippen LogP contribution >= 0.6 is 0 Å². The normalized spacial score (nSPS) is 16.6. The second-order valence-corrected chi connectivity index (χ2v) is 10.5. The predicted octanol–water partition coefficient (Wildman–Crippen LogP) is 8.32. The minimum absolute atomic E-state index is 0.322. The number of hydrogen-bond donors (Lipinski definition) is 1. The van der Waals surface area contributed by atoms with Crippen LogP contribution in [-0.2, 0) is 10.3 Å². The number of benzene rings is 4. The molecule has 0 bridgehead atoms. The van der Waals surface area contributed by atoms with Crippen molar-refractivity contribution >= 4 is 23.0 Å². The molecule has 0 fully saturated rings. The van der Waals surface area contributed by atoms with Crippen LogP contribution in [0, 0.1) is 6.92 Å². The van der Waals surface area contributed by atoms with E-state index in [1.165, 1.54) is 31.4 Å². The molecule has 0 radical (unpaired) electrons. The highest BCUT2D eigenvalue weighted by Crippen LogP contribution is 2.56. The van der Waals surface area contributed by atoms with Crippen LogP contribution in [-0.4, -0.2) is 19.6 Å². The SMILES string of the molecule is CCCCCCN(C)c1ccc(C)c(Nc2ccc3c(c2)C2(OC(=O)c4ccccc42)c2ccccc2O3)c1. The van der Waals surface area contributed by atoms with Crippen molar-refractivity contribution in [2.45, 2.75) is 45.1 Å². The molecule has 2 aliphatic rings. The Hall–Kier alpha value is -4.25. The molecule has 2 heterocycles. The van der Waals surface area contributed by atoms with E-state index in [0.717, 1.165) is 40.2 Å². The molecule has 1 spiro atoms. The summed E-state index contributed by atoms with van der Waals surface area (Å²) >= 11 is 0. The molecule has 0 aromatic heterocycles. The Morgan fingerprint density at radius 1 is 0.821 bits per heavy atom. The van der Waals surface area contributed by atoms with E-state index < -0.39 is 5.60 Å². The monoisotopic (exact) mass is 518 g/mol. The quantitative estimate of drug-likeness (QED) is 0.188. The Bertz CT molecular complexity index is 1550. The number of nitrogens with zero attached hydrogens (tertiary/aromatic N) is 1. The van der Waals surface area contributed by atoms with E-state index in [1.54, 1.807) is 0 Å². The Morgan fingerprint density at radius 2 is 1.59 bits per heavy atom. The molecule has 198 valence electrons. The van der Waals surface area contributed by atoms with Gasteiger partial charge in [-0.15, -0.1) is 0 Å². The first kappa shape index (κ1) is 25.1. The smallest absolute Gasteiger partial charge is 0.340 e. The maximum Gasteiger partial charge on any atom is 0.340 e. The van der Waals surface area contributed by atoms with Crippen molar-refractivity contribution in [2.24, 2.45) is 0 Å². The summed E-state index contributed by atoms with van der Waals surface area (Å²) in [5.74, 6) is 1.05. The number of nitrogens with one attached hydrogen (secondary N) is 1. The molecule has 0 saturated carbocycles. The Morgan fingerprint density at radius 3 is 2.44 bits per heavy atom. The van der Waals surface area contributed by atoms with Crippen LogP contribution in [0.2, 0.25) is 0 Å². The summed E-state index contributed by atoms with van der Waals surface area (Å²) in [6, 6.07) is 28.0. The molecule has 0 saturated heterocycles. The molecule has 39 heavy (non-hydrogen) atoms. The minimum Gasteiger partial charge on any atom is -0.456 e. The third-order valence-corrected chi connectivity index (χ3v) is 7.91. The van der Waals surface area contributed by atoms with Crippen molar-refractivity contribution < 1.29 is 14.3 Å². The summed E-state index contributed by atoms with van der Waals surface area (Å²) in [4.78, 5) is 15.4. The van der Waals surface area contributed by atoms with Gasteiger partial charge in [-0.25, -0.2) is 4.79 Å². The molecular formula is C34H34N2O3. The van der Waals surface area contributed by atoms with Crippen molar-refractivity contribution in [3.8, 4) is 11.5 Å². The number of ether oxygens (including phenoxy) is 2. The van der Waals surface area contributed by atoms with Gasteiger partial charge in [0.05, 0.1) is 5.56 Å². The van der Waals surface area contributed by atoms with E-state index in [-0.39, 0.29) is 5.97 Å². The number of esters is 1. The fourth-order valence-corrected chi connectivity index (χ4v) is 5.74. The molecule has 0 aliphatic carbocycles. The average Bonchev–Trinajstić information content (AvgIpc) is 3.25. The van der Waals surface area contributed by atoms with Crippen LogP contribution < -0.4 is 15.0 Å². The minimum atomic E-state index is -1.06. The maximum atomic E-state index is 13.1. The van der Waals surface area contributed by atoms with Gasteiger partial charge in [0.15, 0.2) is 5.60 Å². The van der Waals surface area contributed by atoms with Crippen LogP contribution in [0.4, 0.5) is 17.1 Å². The zero-order valence-electron chi connectivity index (χ0n) is 22.8. The van der Waals surface area contributed by atoms with Gasteiger partial charge in [0.2, 0.25) is 0 Å². The number of aryl methyl sites for hydroxylation is 1.